The van der Waals surface area contributed by atoms with E-state index in [9.17, 15) is 14.7 Å². The lowest BCUT2D eigenvalue weighted by Crippen LogP contribution is -2.24. The van der Waals surface area contributed by atoms with E-state index in [0.717, 1.165) is 5.56 Å². The Morgan fingerprint density at radius 2 is 1.90 bits per heavy atom. The highest BCUT2D eigenvalue weighted by Crippen LogP contribution is 2.26. The average Bonchev–Trinajstić information content (AvgIpc) is 3.12. The van der Waals surface area contributed by atoms with Crippen molar-refractivity contribution in [1.29, 1.82) is 0 Å². The van der Waals surface area contributed by atoms with Gasteiger partial charge in [0.2, 0.25) is 0 Å². The molecule has 8 nitrogen and oxygen atoms in total. The highest BCUT2D eigenvalue weighted by Gasteiger charge is 2.21. The van der Waals surface area contributed by atoms with E-state index in [2.05, 4.69) is 15.4 Å². The molecule has 146 valence electrons. The Morgan fingerprint density at radius 1 is 1.17 bits per heavy atom. The smallest absolute Gasteiger partial charge is 0.266 e. The Labute approximate surface area is 165 Å². The van der Waals surface area contributed by atoms with E-state index in [4.69, 9.17) is 4.74 Å². The molecule has 4 aromatic rings. The normalized spacial score (nSPS) is 10.8. The summed E-state index contributed by atoms with van der Waals surface area (Å²) < 4.78 is 6.64. The molecule has 2 aromatic heterocycles. The van der Waals surface area contributed by atoms with Crippen LogP contribution in [0.25, 0.3) is 11.0 Å². The van der Waals surface area contributed by atoms with Crippen LogP contribution in [0.15, 0.2) is 65.6 Å². The third kappa shape index (κ3) is 3.55. The molecule has 0 unspecified atom stereocenters. The number of fused-ring (bicyclic) bond motifs is 1. The summed E-state index contributed by atoms with van der Waals surface area (Å²) in [6.45, 7) is 0.414. The van der Waals surface area contributed by atoms with Crippen molar-refractivity contribution in [3.63, 3.8) is 0 Å². The van der Waals surface area contributed by atoms with E-state index in [-0.39, 0.29) is 5.56 Å². The zero-order chi connectivity index (χ0) is 20.4. The third-order valence-corrected chi connectivity index (χ3v) is 4.54. The predicted octanol–water partition coefficient (Wildman–Crippen LogP) is 2.74. The Hall–Kier alpha value is -4.07. The van der Waals surface area contributed by atoms with Crippen molar-refractivity contribution < 1.29 is 14.6 Å². The van der Waals surface area contributed by atoms with E-state index < -0.39 is 17.2 Å². The zero-order valence-electron chi connectivity index (χ0n) is 15.5. The summed E-state index contributed by atoms with van der Waals surface area (Å²) in [5, 5.41) is 17.7. The lowest BCUT2D eigenvalue weighted by Gasteiger charge is -2.08. The molecule has 0 aliphatic heterocycles. The van der Waals surface area contributed by atoms with Gasteiger partial charge in [-0.25, -0.2) is 4.68 Å². The van der Waals surface area contributed by atoms with Gasteiger partial charge in [-0.15, -0.1) is 0 Å². The van der Waals surface area contributed by atoms with Gasteiger partial charge >= 0.3 is 0 Å². The second kappa shape index (κ2) is 7.51. The van der Waals surface area contributed by atoms with Crippen LogP contribution in [0.1, 0.15) is 15.9 Å². The maximum absolute atomic E-state index is 12.6. The van der Waals surface area contributed by atoms with E-state index >= 15 is 0 Å². The second-order valence-electron chi connectivity index (χ2n) is 6.41. The first kappa shape index (κ1) is 18.3. The Bertz CT molecular complexity index is 1230. The van der Waals surface area contributed by atoms with Gasteiger partial charge in [0.15, 0.2) is 0 Å². The van der Waals surface area contributed by atoms with Gasteiger partial charge < -0.3 is 20.1 Å². The maximum Gasteiger partial charge on any atom is 0.266 e. The van der Waals surface area contributed by atoms with E-state index in [1.165, 1.54) is 6.20 Å². The molecule has 0 radical (unpaired) electrons. The zero-order valence-corrected chi connectivity index (χ0v) is 15.5. The van der Waals surface area contributed by atoms with Crippen LogP contribution < -0.4 is 15.6 Å². The number of hydrogen-bond donors (Lipinski definition) is 3. The topological polar surface area (TPSA) is 109 Å². The number of anilines is 1. The van der Waals surface area contributed by atoms with Crippen molar-refractivity contribution in [2.24, 2.45) is 0 Å². The number of nitrogens with one attached hydrogen (secondary N) is 2. The summed E-state index contributed by atoms with van der Waals surface area (Å²) in [7, 11) is 1.54. The van der Waals surface area contributed by atoms with Gasteiger partial charge in [0, 0.05) is 5.69 Å². The molecule has 8 heteroatoms. The molecule has 0 bridgehead atoms. The number of benzene rings is 2. The van der Waals surface area contributed by atoms with Gasteiger partial charge in [0.1, 0.15) is 22.7 Å². The molecule has 2 aromatic carbocycles. The van der Waals surface area contributed by atoms with Gasteiger partial charge in [0.25, 0.3) is 11.5 Å². The molecule has 2 heterocycles. The SMILES string of the molecule is COc1ccc(NC(=O)c2c(O)c3cnn(Cc4ccccc4)c3[nH]c2=O)cc1. The molecule has 0 fully saturated rings. The summed E-state index contributed by atoms with van der Waals surface area (Å²) in [5.74, 6) is -0.489. The molecule has 0 spiro atoms. The molecule has 3 N–H and O–H groups in total. The number of amides is 1. The third-order valence-electron chi connectivity index (χ3n) is 4.54. The van der Waals surface area contributed by atoms with Crippen LogP contribution in [0.4, 0.5) is 5.69 Å². The molecule has 29 heavy (non-hydrogen) atoms. The van der Waals surface area contributed by atoms with Gasteiger partial charge in [0.05, 0.1) is 25.2 Å². The van der Waals surface area contributed by atoms with Crippen LogP contribution in [0, 0.1) is 0 Å². The Balaban J connectivity index is 1.66. The molecule has 0 saturated carbocycles. The molecule has 0 saturated heterocycles. The van der Waals surface area contributed by atoms with E-state index in [0.29, 0.717) is 29.0 Å². The number of nitrogens with zero attached hydrogens (tertiary/aromatic N) is 2. The second-order valence-corrected chi connectivity index (χ2v) is 6.41. The van der Waals surface area contributed by atoms with E-state index in [1.54, 1.807) is 36.1 Å². The molecule has 0 aliphatic carbocycles. The predicted molar refractivity (Wildman–Crippen MR) is 109 cm³/mol. The number of ether oxygens (including phenoxy) is 1. The summed E-state index contributed by atoms with van der Waals surface area (Å²) in [6.07, 6.45) is 1.42. The van der Waals surface area contributed by atoms with Crippen molar-refractivity contribution >= 4 is 22.6 Å². The lowest BCUT2D eigenvalue weighted by atomic mass is 10.2. The number of aromatic nitrogens is 3. The fraction of sp³-hybridized carbons (Fsp3) is 0.0952. The summed E-state index contributed by atoms with van der Waals surface area (Å²) in [6, 6.07) is 16.2. The average molecular weight is 390 g/mol. The van der Waals surface area contributed by atoms with Crippen LogP contribution >= 0.6 is 0 Å². The fourth-order valence-corrected chi connectivity index (χ4v) is 3.06. The highest BCUT2D eigenvalue weighted by molar-refractivity contribution is 6.08. The van der Waals surface area contributed by atoms with Crippen LogP contribution in [0.3, 0.4) is 0 Å². The minimum atomic E-state index is -0.716. The van der Waals surface area contributed by atoms with Crippen LogP contribution in [0.2, 0.25) is 0 Å². The first-order valence-electron chi connectivity index (χ1n) is 8.87. The van der Waals surface area contributed by atoms with Crippen LogP contribution in [-0.2, 0) is 6.54 Å². The summed E-state index contributed by atoms with van der Waals surface area (Å²) >= 11 is 0. The number of pyridine rings is 1. The van der Waals surface area contributed by atoms with Crippen LogP contribution in [-0.4, -0.2) is 32.9 Å². The molecule has 1 amide bonds. The van der Waals surface area contributed by atoms with Crippen molar-refractivity contribution in [3.8, 4) is 11.5 Å². The minimum Gasteiger partial charge on any atom is -0.506 e. The minimum absolute atomic E-state index is 0.292. The number of methoxy groups -OCH3 is 1. The number of carbonyl (C=O) groups excluding carboxylic acids is 1. The van der Waals surface area contributed by atoms with Crippen molar-refractivity contribution in [1.82, 2.24) is 14.8 Å². The fourth-order valence-electron chi connectivity index (χ4n) is 3.06. The number of hydrogen-bond acceptors (Lipinski definition) is 5. The van der Waals surface area contributed by atoms with Crippen molar-refractivity contribution in [2.75, 3.05) is 12.4 Å². The molecule has 0 atom stereocenters. The first-order chi connectivity index (χ1) is 14.1. The molecule has 4 rings (SSSR count). The number of aromatic amines is 1. The highest BCUT2D eigenvalue weighted by atomic mass is 16.5. The van der Waals surface area contributed by atoms with Gasteiger partial charge in [-0.2, -0.15) is 5.10 Å². The summed E-state index contributed by atoms with van der Waals surface area (Å²) in [4.78, 5) is 27.8. The van der Waals surface area contributed by atoms with Crippen molar-refractivity contribution in [3.05, 3.63) is 82.3 Å². The monoisotopic (exact) mass is 390 g/mol. The molecular formula is C21H18N4O4. The van der Waals surface area contributed by atoms with Crippen LogP contribution in [0.5, 0.6) is 11.5 Å². The largest absolute Gasteiger partial charge is 0.506 e. The number of H-pyrrole nitrogens is 1. The number of carbonyl (C=O) groups is 1. The summed E-state index contributed by atoms with van der Waals surface area (Å²) in [5.41, 5.74) is 0.731. The standard InChI is InChI=1S/C21H18N4O4/c1-29-15-9-7-14(8-10-15)23-20(27)17-18(26)16-11-22-25(19(16)24-21(17)28)12-13-5-3-2-4-6-13/h2-11H,12H2,1H3,(H,23,27)(H2,24,26,28). The van der Waals surface area contributed by atoms with Gasteiger partial charge in [-0.1, -0.05) is 30.3 Å². The van der Waals surface area contributed by atoms with Crippen molar-refractivity contribution in [2.45, 2.75) is 6.54 Å². The lowest BCUT2D eigenvalue weighted by molar-refractivity contribution is 0.102. The van der Waals surface area contributed by atoms with Gasteiger partial charge in [-0.05, 0) is 29.8 Å². The number of rotatable bonds is 5. The molecular weight excluding hydrogens is 372 g/mol. The Kier molecular flexibility index (Phi) is 4.74. The molecule has 0 aliphatic rings. The first-order valence-corrected chi connectivity index (χ1v) is 8.87. The van der Waals surface area contributed by atoms with Gasteiger partial charge in [-0.3, -0.25) is 9.59 Å². The number of aromatic hydroxyl groups is 1. The Morgan fingerprint density at radius 3 is 2.59 bits per heavy atom. The maximum atomic E-state index is 12.6. The quantitative estimate of drug-likeness (QED) is 0.485. The van der Waals surface area contributed by atoms with E-state index in [1.807, 2.05) is 30.3 Å².